The fourth-order valence-corrected chi connectivity index (χ4v) is 2.86. The molecule has 0 amide bonds. The van der Waals surface area contributed by atoms with Crippen LogP contribution in [0.15, 0.2) is 42.6 Å². The third-order valence-electron chi connectivity index (χ3n) is 4.09. The first-order chi connectivity index (χ1) is 13.6. The molecule has 0 atom stereocenters. The number of rotatable bonds is 8. The standard InChI is InChI=1S/C20H19N3O5/c1-26-12-28-19-8-14(2-4-17(19)20(24)25)23-11-13(10-22)16-5-3-15(9-18(16)23)27-7-6-21/h2-5,8-9,11H,6-7,12,21H2,1H3,(H,24,25). The second-order valence-corrected chi connectivity index (χ2v) is 5.88. The van der Waals surface area contributed by atoms with E-state index in [0.29, 0.717) is 30.2 Å². The van der Waals surface area contributed by atoms with Crippen molar-refractivity contribution in [3.63, 3.8) is 0 Å². The summed E-state index contributed by atoms with van der Waals surface area (Å²) in [5.74, 6) is -0.312. The predicted molar refractivity (Wildman–Crippen MR) is 102 cm³/mol. The molecule has 0 aliphatic heterocycles. The Kier molecular flexibility index (Phi) is 5.79. The van der Waals surface area contributed by atoms with Crippen molar-refractivity contribution < 1.29 is 24.1 Å². The fourth-order valence-electron chi connectivity index (χ4n) is 2.86. The van der Waals surface area contributed by atoms with Crippen molar-refractivity contribution in [2.24, 2.45) is 5.73 Å². The molecular weight excluding hydrogens is 362 g/mol. The van der Waals surface area contributed by atoms with Gasteiger partial charge in [-0.3, -0.25) is 0 Å². The van der Waals surface area contributed by atoms with Gasteiger partial charge in [-0.05, 0) is 24.3 Å². The number of aromatic carboxylic acids is 1. The first-order valence-electron chi connectivity index (χ1n) is 8.46. The van der Waals surface area contributed by atoms with Gasteiger partial charge < -0.3 is 29.6 Å². The molecule has 0 aliphatic carbocycles. The number of benzene rings is 2. The van der Waals surface area contributed by atoms with Crippen molar-refractivity contribution in [2.75, 3.05) is 27.1 Å². The summed E-state index contributed by atoms with van der Waals surface area (Å²) >= 11 is 0. The smallest absolute Gasteiger partial charge is 0.339 e. The monoisotopic (exact) mass is 381 g/mol. The molecule has 3 aromatic rings. The van der Waals surface area contributed by atoms with E-state index in [1.807, 2.05) is 12.1 Å². The van der Waals surface area contributed by atoms with Crippen LogP contribution in [-0.2, 0) is 4.74 Å². The van der Waals surface area contributed by atoms with Crippen LogP contribution in [0.25, 0.3) is 16.6 Å². The third-order valence-corrected chi connectivity index (χ3v) is 4.09. The van der Waals surface area contributed by atoms with Gasteiger partial charge in [-0.2, -0.15) is 5.26 Å². The summed E-state index contributed by atoms with van der Waals surface area (Å²) in [6.45, 7) is 0.676. The van der Waals surface area contributed by atoms with Crippen molar-refractivity contribution in [3.8, 4) is 23.3 Å². The predicted octanol–water partition coefficient (Wildman–Crippen LogP) is 2.52. The summed E-state index contributed by atoms with van der Waals surface area (Å²) in [4.78, 5) is 11.4. The molecule has 0 bridgehead atoms. The number of nitriles is 1. The number of carboxylic acids is 1. The van der Waals surface area contributed by atoms with Crippen LogP contribution < -0.4 is 15.2 Å². The van der Waals surface area contributed by atoms with E-state index in [2.05, 4.69) is 6.07 Å². The van der Waals surface area contributed by atoms with Crippen LogP contribution in [0.1, 0.15) is 15.9 Å². The first kappa shape index (κ1) is 19.2. The molecule has 0 saturated heterocycles. The number of nitrogens with two attached hydrogens (primary N) is 1. The van der Waals surface area contributed by atoms with E-state index in [9.17, 15) is 15.2 Å². The van der Waals surface area contributed by atoms with Gasteiger partial charge in [0.25, 0.3) is 0 Å². The highest BCUT2D eigenvalue weighted by molar-refractivity contribution is 5.92. The van der Waals surface area contributed by atoms with Gasteiger partial charge in [-0.1, -0.05) is 0 Å². The summed E-state index contributed by atoms with van der Waals surface area (Å²) in [6, 6.07) is 12.3. The lowest BCUT2D eigenvalue weighted by Crippen LogP contribution is -2.10. The molecule has 0 aliphatic rings. The lowest BCUT2D eigenvalue weighted by Gasteiger charge is -2.12. The number of hydrogen-bond donors (Lipinski definition) is 2. The SMILES string of the molecule is COCOc1cc(-n2cc(C#N)c3ccc(OCCN)cc32)ccc1C(=O)O. The number of methoxy groups -OCH3 is 1. The largest absolute Gasteiger partial charge is 0.492 e. The van der Waals surface area contributed by atoms with Crippen molar-refractivity contribution >= 4 is 16.9 Å². The molecule has 8 heteroatoms. The Hall–Kier alpha value is -3.54. The normalized spacial score (nSPS) is 10.6. The maximum atomic E-state index is 11.4. The quantitative estimate of drug-likeness (QED) is 0.575. The number of aromatic nitrogens is 1. The summed E-state index contributed by atoms with van der Waals surface area (Å²) in [7, 11) is 1.45. The average molecular weight is 381 g/mol. The highest BCUT2D eigenvalue weighted by atomic mass is 16.7. The Morgan fingerprint density at radius 2 is 2.07 bits per heavy atom. The fraction of sp³-hybridized carbons (Fsp3) is 0.200. The number of fused-ring (bicyclic) bond motifs is 1. The molecule has 0 unspecified atom stereocenters. The number of ether oxygens (including phenoxy) is 3. The molecule has 3 N–H and O–H groups in total. The molecule has 1 heterocycles. The van der Waals surface area contributed by atoms with Crippen LogP contribution in [-0.4, -0.2) is 42.7 Å². The third kappa shape index (κ3) is 3.76. The Balaban J connectivity index is 2.14. The van der Waals surface area contributed by atoms with Gasteiger partial charge in [-0.25, -0.2) is 4.79 Å². The lowest BCUT2D eigenvalue weighted by molar-refractivity contribution is 0.0484. The zero-order chi connectivity index (χ0) is 20.1. The second-order valence-electron chi connectivity index (χ2n) is 5.88. The van der Waals surface area contributed by atoms with E-state index in [1.54, 1.807) is 29.0 Å². The highest BCUT2D eigenvalue weighted by Crippen LogP contribution is 2.30. The van der Waals surface area contributed by atoms with E-state index in [4.69, 9.17) is 19.9 Å². The van der Waals surface area contributed by atoms with Crippen molar-refractivity contribution in [1.82, 2.24) is 4.57 Å². The Morgan fingerprint density at radius 3 is 2.75 bits per heavy atom. The topological polar surface area (TPSA) is 120 Å². The molecule has 0 spiro atoms. The molecule has 0 radical (unpaired) electrons. The second kappa shape index (κ2) is 8.43. The van der Waals surface area contributed by atoms with E-state index in [-0.39, 0.29) is 18.1 Å². The maximum absolute atomic E-state index is 11.4. The minimum absolute atomic E-state index is 0.0183. The molecule has 0 fully saturated rings. The van der Waals surface area contributed by atoms with Crippen LogP contribution in [0.4, 0.5) is 0 Å². The Bertz CT molecular complexity index is 1050. The molecule has 8 nitrogen and oxygen atoms in total. The number of hydrogen-bond acceptors (Lipinski definition) is 6. The molecule has 0 saturated carbocycles. The van der Waals surface area contributed by atoms with Crippen LogP contribution >= 0.6 is 0 Å². The number of carbonyl (C=O) groups is 1. The summed E-state index contributed by atoms with van der Waals surface area (Å²) in [5.41, 5.74) is 7.37. The highest BCUT2D eigenvalue weighted by Gasteiger charge is 2.16. The van der Waals surface area contributed by atoms with Crippen LogP contribution in [0.5, 0.6) is 11.5 Å². The van der Waals surface area contributed by atoms with Gasteiger partial charge in [0.15, 0.2) is 6.79 Å². The molecule has 2 aromatic carbocycles. The zero-order valence-corrected chi connectivity index (χ0v) is 15.2. The Labute approximate surface area is 161 Å². The van der Waals surface area contributed by atoms with Gasteiger partial charge in [0.1, 0.15) is 29.7 Å². The average Bonchev–Trinajstić information content (AvgIpc) is 3.08. The minimum Gasteiger partial charge on any atom is -0.492 e. The molecule has 144 valence electrons. The zero-order valence-electron chi connectivity index (χ0n) is 15.2. The van der Waals surface area contributed by atoms with Gasteiger partial charge in [0.05, 0.1) is 11.1 Å². The molecule has 3 rings (SSSR count). The summed E-state index contributed by atoms with van der Waals surface area (Å²) in [5, 5.41) is 19.6. The summed E-state index contributed by atoms with van der Waals surface area (Å²) < 4.78 is 17.7. The summed E-state index contributed by atoms with van der Waals surface area (Å²) in [6.07, 6.45) is 1.69. The molecular formula is C20H19N3O5. The molecule has 1 aromatic heterocycles. The van der Waals surface area contributed by atoms with E-state index in [0.717, 1.165) is 10.9 Å². The van der Waals surface area contributed by atoms with E-state index >= 15 is 0 Å². The van der Waals surface area contributed by atoms with Crippen molar-refractivity contribution in [1.29, 1.82) is 5.26 Å². The van der Waals surface area contributed by atoms with E-state index < -0.39 is 5.97 Å². The number of carboxylic acid groups (broad SMARTS) is 1. The van der Waals surface area contributed by atoms with Gasteiger partial charge in [0.2, 0.25) is 0 Å². The van der Waals surface area contributed by atoms with Crippen molar-refractivity contribution in [3.05, 3.63) is 53.7 Å². The lowest BCUT2D eigenvalue weighted by atomic mass is 10.1. The number of nitrogens with zero attached hydrogens (tertiary/aromatic N) is 2. The van der Waals surface area contributed by atoms with Gasteiger partial charge in [-0.15, -0.1) is 0 Å². The first-order valence-corrected chi connectivity index (χ1v) is 8.46. The van der Waals surface area contributed by atoms with Crippen LogP contribution in [0.3, 0.4) is 0 Å². The van der Waals surface area contributed by atoms with Gasteiger partial charge >= 0.3 is 5.97 Å². The maximum Gasteiger partial charge on any atom is 0.339 e. The van der Waals surface area contributed by atoms with Crippen LogP contribution in [0, 0.1) is 11.3 Å². The van der Waals surface area contributed by atoms with E-state index in [1.165, 1.54) is 13.2 Å². The minimum atomic E-state index is -1.11. The van der Waals surface area contributed by atoms with Crippen molar-refractivity contribution in [2.45, 2.75) is 0 Å². The van der Waals surface area contributed by atoms with Gasteiger partial charge in [0, 0.05) is 43.1 Å². The van der Waals surface area contributed by atoms with Crippen LogP contribution in [0.2, 0.25) is 0 Å². The molecule has 28 heavy (non-hydrogen) atoms. The Morgan fingerprint density at radius 1 is 1.25 bits per heavy atom.